The van der Waals surface area contributed by atoms with Gasteiger partial charge in [-0.2, -0.15) is 18.3 Å². The van der Waals surface area contributed by atoms with Crippen molar-refractivity contribution < 1.29 is 37.5 Å². The summed E-state index contributed by atoms with van der Waals surface area (Å²) < 4.78 is 41.6. The van der Waals surface area contributed by atoms with E-state index in [0.29, 0.717) is 45.0 Å². The number of aromatic amines is 2. The molecule has 3 fully saturated rings. The number of hydrogen-bond donors (Lipinski definition) is 6. The Hall–Kier alpha value is -5.53. The Morgan fingerprint density at radius 2 is 1.68 bits per heavy atom. The number of nitrogens with zero attached hydrogens (tertiary/aromatic N) is 6. The van der Waals surface area contributed by atoms with Crippen LogP contribution in [0.15, 0.2) is 42.7 Å². The summed E-state index contributed by atoms with van der Waals surface area (Å²) >= 11 is 6.54. The lowest BCUT2D eigenvalue weighted by atomic mass is 9.73. The maximum absolute atomic E-state index is 13.9. The quantitative estimate of drug-likeness (QED) is 0.129. The van der Waals surface area contributed by atoms with Crippen LogP contribution in [0.3, 0.4) is 0 Å². The molecule has 0 aliphatic carbocycles. The smallest absolute Gasteiger partial charge is 0.435 e. The predicted molar refractivity (Wildman–Crippen MR) is 201 cm³/mol. The number of H-pyrrole nitrogens is 2. The van der Waals surface area contributed by atoms with E-state index in [9.17, 15) is 32.3 Å². The molecule has 3 aliphatic heterocycles. The van der Waals surface area contributed by atoms with Crippen LogP contribution in [0.25, 0.3) is 11.4 Å². The first-order chi connectivity index (χ1) is 27.2. The van der Waals surface area contributed by atoms with Gasteiger partial charge in [-0.05, 0) is 81.2 Å². The monoisotopic (exact) mass is 811 g/mol. The highest BCUT2D eigenvalue weighted by Gasteiger charge is 2.42. The molecule has 0 saturated carbocycles. The van der Waals surface area contributed by atoms with Crippen molar-refractivity contribution >= 4 is 46.7 Å². The SMILES string of the molecule is Nc1ccc(-c2[nH]nc(C(F)(F)F)c2Cc2cnc(C(=O)Nc3ccc(C(=O)N4CCN(C(=O)C(C5CCN(CC(=O)O)CC5)C5CNC5)CC4)c(Cl)c3)[nH]2)nc1. The summed E-state index contributed by atoms with van der Waals surface area (Å²) in [5.74, 6) is -1.72. The van der Waals surface area contributed by atoms with E-state index in [1.807, 2.05) is 9.80 Å². The normalized spacial score (nSPS) is 17.6. The van der Waals surface area contributed by atoms with Crippen LogP contribution in [0.1, 0.15) is 50.8 Å². The first-order valence-electron chi connectivity index (χ1n) is 18.5. The number of carboxylic acids is 1. The van der Waals surface area contributed by atoms with Gasteiger partial charge in [-0.15, -0.1) is 0 Å². The van der Waals surface area contributed by atoms with Crippen LogP contribution in [0.2, 0.25) is 5.02 Å². The zero-order valence-corrected chi connectivity index (χ0v) is 31.4. The number of pyridine rings is 1. The molecule has 0 spiro atoms. The maximum atomic E-state index is 13.9. The third-order valence-corrected chi connectivity index (χ3v) is 11.1. The summed E-state index contributed by atoms with van der Waals surface area (Å²) in [6.07, 6.45) is -0.968. The number of likely N-dealkylation sites (tertiary alicyclic amines) is 1. The second-order valence-corrected chi connectivity index (χ2v) is 15.0. The summed E-state index contributed by atoms with van der Waals surface area (Å²) in [6, 6.07) is 7.39. The van der Waals surface area contributed by atoms with Gasteiger partial charge in [0.2, 0.25) is 5.91 Å². The molecule has 3 aromatic heterocycles. The number of anilines is 2. The zero-order valence-electron chi connectivity index (χ0n) is 30.6. The molecule has 57 heavy (non-hydrogen) atoms. The molecule has 302 valence electrons. The number of rotatable bonds is 11. The van der Waals surface area contributed by atoms with E-state index >= 15 is 0 Å². The zero-order chi connectivity index (χ0) is 40.4. The van der Waals surface area contributed by atoms with Gasteiger partial charge in [0.15, 0.2) is 11.5 Å². The van der Waals surface area contributed by atoms with E-state index in [-0.39, 0.29) is 87.3 Å². The molecular formula is C37H41ClF3N11O5. The summed E-state index contributed by atoms with van der Waals surface area (Å²) in [5, 5.41) is 21.1. The summed E-state index contributed by atoms with van der Waals surface area (Å²) in [7, 11) is 0. The molecule has 7 N–H and O–H groups in total. The molecular weight excluding hydrogens is 771 g/mol. The predicted octanol–water partition coefficient (Wildman–Crippen LogP) is 3.21. The van der Waals surface area contributed by atoms with Crippen LogP contribution >= 0.6 is 11.6 Å². The van der Waals surface area contributed by atoms with E-state index in [2.05, 4.69) is 35.8 Å². The number of aromatic nitrogens is 5. The highest BCUT2D eigenvalue weighted by Crippen LogP contribution is 2.37. The second kappa shape index (κ2) is 16.5. The molecule has 16 nitrogen and oxygen atoms in total. The average molecular weight is 812 g/mol. The fourth-order valence-electron chi connectivity index (χ4n) is 7.77. The van der Waals surface area contributed by atoms with E-state index in [4.69, 9.17) is 22.4 Å². The van der Waals surface area contributed by atoms with Gasteiger partial charge in [-0.1, -0.05) is 11.6 Å². The summed E-state index contributed by atoms with van der Waals surface area (Å²) in [5.41, 5.74) is 5.61. The van der Waals surface area contributed by atoms with Crippen LogP contribution in [0.4, 0.5) is 24.5 Å². The van der Waals surface area contributed by atoms with Gasteiger partial charge < -0.3 is 36.3 Å². The number of benzene rings is 1. The minimum atomic E-state index is -4.76. The molecule has 0 radical (unpaired) electrons. The van der Waals surface area contributed by atoms with Crippen LogP contribution < -0.4 is 16.4 Å². The molecule has 3 aliphatic rings. The summed E-state index contributed by atoms with van der Waals surface area (Å²) in [4.78, 5) is 68.0. The third-order valence-electron chi connectivity index (χ3n) is 10.8. The Bertz CT molecular complexity index is 2120. The number of halogens is 4. The van der Waals surface area contributed by atoms with Crippen molar-refractivity contribution in [2.75, 3.05) is 70.0 Å². The Kier molecular flexibility index (Phi) is 11.5. The lowest BCUT2D eigenvalue weighted by Gasteiger charge is -2.45. The van der Waals surface area contributed by atoms with E-state index in [1.165, 1.54) is 42.7 Å². The fourth-order valence-corrected chi connectivity index (χ4v) is 8.04. The molecule has 3 saturated heterocycles. The van der Waals surface area contributed by atoms with Gasteiger partial charge >= 0.3 is 12.1 Å². The Morgan fingerprint density at radius 1 is 0.965 bits per heavy atom. The number of piperazine rings is 1. The van der Waals surface area contributed by atoms with Crippen LogP contribution in [-0.2, 0) is 22.2 Å². The number of carbonyl (C=O) groups is 4. The van der Waals surface area contributed by atoms with Crippen LogP contribution in [0.5, 0.6) is 0 Å². The molecule has 6 heterocycles. The lowest BCUT2D eigenvalue weighted by molar-refractivity contribution is -0.144. The minimum absolute atomic E-state index is 0.0000548. The minimum Gasteiger partial charge on any atom is -0.480 e. The molecule has 3 amide bonds. The summed E-state index contributed by atoms with van der Waals surface area (Å²) in [6.45, 7) is 4.19. The van der Waals surface area contributed by atoms with Crippen molar-refractivity contribution in [3.8, 4) is 11.4 Å². The number of imidazole rings is 1. The average Bonchev–Trinajstić information content (AvgIpc) is 3.81. The molecule has 0 bridgehead atoms. The van der Waals surface area contributed by atoms with Crippen molar-refractivity contribution in [3.63, 3.8) is 0 Å². The number of nitrogen functional groups attached to an aromatic ring is 1. The largest absolute Gasteiger partial charge is 0.480 e. The first kappa shape index (κ1) is 39.7. The Morgan fingerprint density at radius 3 is 2.30 bits per heavy atom. The van der Waals surface area contributed by atoms with E-state index in [0.717, 1.165) is 25.9 Å². The second-order valence-electron chi connectivity index (χ2n) is 14.6. The van der Waals surface area contributed by atoms with Gasteiger partial charge in [0.05, 0.1) is 40.4 Å². The van der Waals surface area contributed by atoms with Gasteiger partial charge in [-0.3, -0.25) is 34.2 Å². The number of aliphatic carboxylic acids is 1. The highest BCUT2D eigenvalue weighted by molar-refractivity contribution is 6.34. The van der Waals surface area contributed by atoms with E-state index < -0.39 is 23.7 Å². The fraction of sp³-hybridized carbons (Fsp3) is 0.432. The Balaban J connectivity index is 0.948. The standard InChI is InChI=1S/C37H41ClF3N11O5/c38-27-14-23(47-34(55)33-45-18-24(46-33)13-26-31(28-4-1-22(42)17-44-28)48-49-32(26)37(39,40)41)2-3-25(27)35(56)51-9-11-52(12-10-51)36(57)30(21-15-43-16-21)20-5-7-50(8-6-20)19-29(53)54/h1-4,14,17-18,20-21,30,43H,5-13,15-16,19,42H2,(H,45,46)(H,47,55)(H,48,49)(H,53,54). The molecule has 1 atom stereocenters. The number of carboxylic acid groups (broad SMARTS) is 1. The number of alkyl halides is 3. The number of nitrogens with two attached hydrogens (primary N) is 1. The molecule has 1 unspecified atom stereocenters. The van der Waals surface area contributed by atoms with Crippen LogP contribution in [-0.4, -0.2) is 128 Å². The van der Waals surface area contributed by atoms with Crippen molar-refractivity contribution in [2.24, 2.45) is 17.8 Å². The molecule has 1 aromatic carbocycles. The number of piperidine rings is 1. The van der Waals surface area contributed by atoms with Crippen molar-refractivity contribution in [1.82, 2.24) is 45.2 Å². The number of amides is 3. The lowest BCUT2D eigenvalue weighted by Crippen LogP contribution is -2.58. The van der Waals surface area contributed by atoms with Crippen LogP contribution in [0, 0.1) is 17.8 Å². The first-order valence-corrected chi connectivity index (χ1v) is 18.9. The number of carbonyl (C=O) groups excluding carboxylic acids is 3. The van der Waals surface area contributed by atoms with Gasteiger partial charge in [0, 0.05) is 61.7 Å². The van der Waals surface area contributed by atoms with Crippen molar-refractivity contribution in [1.29, 1.82) is 0 Å². The Labute approximate surface area is 329 Å². The maximum Gasteiger partial charge on any atom is 0.435 e. The number of hydrogen-bond acceptors (Lipinski definition) is 10. The van der Waals surface area contributed by atoms with Gasteiger partial charge in [0.25, 0.3) is 11.8 Å². The van der Waals surface area contributed by atoms with E-state index in [1.54, 1.807) is 4.90 Å². The molecule has 4 aromatic rings. The molecule has 20 heteroatoms. The van der Waals surface area contributed by atoms with Crippen molar-refractivity contribution in [2.45, 2.75) is 25.4 Å². The topological polar surface area (TPSA) is 219 Å². The van der Waals surface area contributed by atoms with Crippen molar-refractivity contribution in [3.05, 3.63) is 76.1 Å². The molecule has 7 rings (SSSR count). The van der Waals surface area contributed by atoms with Gasteiger partial charge in [-0.25, -0.2) is 4.98 Å². The number of nitrogens with one attached hydrogen (secondary N) is 4. The highest BCUT2D eigenvalue weighted by atomic mass is 35.5. The third kappa shape index (κ3) is 8.89. The van der Waals surface area contributed by atoms with Gasteiger partial charge in [0.1, 0.15) is 0 Å².